The van der Waals surface area contributed by atoms with Crippen LogP contribution in [0.25, 0.3) is 6.08 Å². The maximum Gasteiger partial charge on any atom is 0.298 e. The maximum absolute atomic E-state index is 12.6. The Morgan fingerprint density at radius 2 is 1.83 bits per heavy atom. The third kappa shape index (κ3) is 3.22. The van der Waals surface area contributed by atoms with E-state index in [9.17, 15) is 9.59 Å². The van der Waals surface area contributed by atoms with E-state index in [4.69, 9.17) is 0 Å². The molecular weight excluding hydrogens is 306 g/mol. The van der Waals surface area contributed by atoms with Gasteiger partial charge in [0, 0.05) is 0 Å². The van der Waals surface area contributed by atoms with E-state index in [1.165, 1.54) is 10.5 Å². The van der Waals surface area contributed by atoms with E-state index in [0.717, 1.165) is 29.3 Å². The van der Waals surface area contributed by atoms with Crippen LogP contribution >= 0.6 is 11.8 Å². The molecule has 1 aliphatic heterocycles. The van der Waals surface area contributed by atoms with Crippen LogP contribution in [0.5, 0.6) is 0 Å². The molecule has 2 amide bonds. The molecule has 3 nitrogen and oxygen atoms in total. The number of nitrogens with zero attached hydrogens (tertiary/aromatic N) is 1. The van der Waals surface area contributed by atoms with Crippen LogP contribution in [-0.4, -0.2) is 11.1 Å². The first-order valence-corrected chi connectivity index (χ1v) is 8.33. The molecule has 116 valence electrons. The van der Waals surface area contributed by atoms with Gasteiger partial charge >= 0.3 is 0 Å². The van der Waals surface area contributed by atoms with E-state index in [-0.39, 0.29) is 11.1 Å². The topological polar surface area (TPSA) is 37.4 Å². The second kappa shape index (κ2) is 6.42. The molecule has 4 heteroatoms. The Balaban J connectivity index is 1.89. The second-order valence-electron chi connectivity index (χ2n) is 5.45. The zero-order chi connectivity index (χ0) is 16.4. The molecule has 2 aromatic rings. The first kappa shape index (κ1) is 15.6. The standard InChI is InChI=1S/C19H17NO2S/c1-3-14-7-9-15(10-8-14)12-17-18(21)20(19(22)23-17)16-6-4-5-13(2)11-16/h4-12H,3H2,1-2H3/b17-12-. The van der Waals surface area contributed by atoms with Crippen molar-refractivity contribution in [3.63, 3.8) is 0 Å². The minimum atomic E-state index is -0.259. The van der Waals surface area contributed by atoms with Gasteiger partial charge in [-0.2, -0.15) is 0 Å². The van der Waals surface area contributed by atoms with E-state index >= 15 is 0 Å². The number of carbonyl (C=O) groups excluding carboxylic acids is 2. The molecule has 1 fully saturated rings. The molecule has 0 saturated carbocycles. The highest BCUT2D eigenvalue weighted by molar-refractivity contribution is 8.19. The lowest BCUT2D eigenvalue weighted by Gasteiger charge is -2.12. The van der Waals surface area contributed by atoms with Crippen molar-refractivity contribution in [2.45, 2.75) is 20.3 Å². The average molecular weight is 323 g/mol. The van der Waals surface area contributed by atoms with Crippen LogP contribution in [-0.2, 0) is 11.2 Å². The van der Waals surface area contributed by atoms with Gasteiger partial charge in [-0.05, 0) is 60.0 Å². The highest BCUT2D eigenvalue weighted by Gasteiger charge is 2.36. The minimum Gasteiger partial charge on any atom is -0.268 e. The van der Waals surface area contributed by atoms with Crippen LogP contribution in [0.15, 0.2) is 53.4 Å². The fraction of sp³-hybridized carbons (Fsp3) is 0.158. The van der Waals surface area contributed by atoms with Crippen molar-refractivity contribution < 1.29 is 9.59 Å². The Morgan fingerprint density at radius 3 is 2.48 bits per heavy atom. The lowest BCUT2D eigenvalue weighted by Crippen LogP contribution is -2.27. The Morgan fingerprint density at radius 1 is 1.09 bits per heavy atom. The second-order valence-corrected chi connectivity index (χ2v) is 6.44. The van der Waals surface area contributed by atoms with Crippen molar-refractivity contribution >= 4 is 34.7 Å². The van der Waals surface area contributed by atoms with E-state index in [2.05, 4.69) is 6.92 Å². The van der Waals surface area contributed by atoms with Crippen molar-refractivity contribution in [3.05, 3.63) is 70.1 Å². The number of anilines is 1. The zero-order valence-electron chi connectivity index (χ0n) is 13.1. The number of rotatable bonds is 3. The van der Waals surface area contributed by atoms with Crippen LogP contribution in [0, 0.1) is 6.92 Å². The SMILES string of the molecule is CCc1ccc(/C=C2\SC(=O)N(c3cccc(C)c3)C2=O)cc1. The van der Waals surface area contributed by atoms with Gasteiger partial charge in [-0.15, -0.1) is 0 Å². The number of aryl methyl sites for hydroxylation is 2. The third-order valence-corrected chi connectivity index (χ3v) is 4.61. The third-order valence-electron chi connectivity index (χ3n) is 3.74. The summed E-state index contributed by atoms with van der Waals surface area (Å²) in [6.07, 6.45) is 2.75. The van der Waals surface area contributed by atoms with Crippen molar-refractivity contribution in [3.8, 4) is 0 Å². The molecule has 0 N–H and O–H groups in total. The van der Waals surface area contributed by atoms with Gasteiger partial charge in [0.05, 0.1) is 10.6 Å². The summed E-state index contributed by atoms with van der Waals surface area (Å²) in [4.78, 5) is 26.5. The van der Waals surface area contributed by atoms with Crippen LogP contribution in [0.4, 0.5) is 10.5 Å². The molecule has 2 aromatic carbocycles. The molecule has 0 unspecified atom stereocenters. The number of carbonyl (C=O) groups is 2. The summed E-state index contributed by atoms with van der Waals surface area (Å²) in [5, 5.41) is -0.253. The fourth-order valence-electron chi connectivity index (χ4n) is 2.46. The first-order chi connectivity index (χ1) is 11.1. The number of benzene rings is 2. The van der Waals surface area contributed by atoms with Gasteiger partial charge in [-0.1, -0.05) is 43.3 Å². The van der Waals surface area contributed by atoms with Gasteiger partial charge < -0.3 is 0 Å². The predicted octanol–water partition coefficient (Wildman–Crippen LogP) is 4.80. The number of imide groups is 1. The quantitative estimate of drug-likeness (QED) is 0.762. The molecule has 1 heterocycles. The van der Waals surface area contributed by atoms with E-state index in [1.807, 2.05) is 49.4 Å². The molecule has 0 radical (unpaired) electrons. The Bertz CT molecular complexity index is 793. The first-order valence-electron chi connectivity index (χ1n) is 7.52. The van der Waals surface area contributed by atoms with Crippen molar-refractivity contribution in [1.82, 2.24) is 0 Å². The molecule has 3 rings (SSSR count). The fourth-order valence-corrected chi connectivity index (χ4v) is 3.30. The van der Waals surface area contributed by atoms with Crippen molar-refractivity contribution in [2.24, 2.45) is 0 Å². The Labute approximate surface area is 140 Å². The minimum absolute atomic E-state index is 0.253. The smallest absolute Gasteiger partial charge is 0.268 e. The Hall–Kier alpha value is -2.33. The summed E-state index contributed by atoms with van der Waals surface area (Å²) < 4.78 is 0. The highest BCUT2D eigenvalue weighted by Crippen LogP contribution is 2.35. The zero-order valence-corrected chi connectivity index (χ0v) is 13.9. The maximum atomic E-state index is 12.6. The van der Waals surface area contributed by atoms with Gasteiger partial charge in [0.25, 0.3) is 11.1 Å². The van der Waals surface area contributed by atoms with Crippen LogP contribution < -0.4 is 4.90 Å². The van der Waals surface area contributed by atoms with Gasteiger partial charge in [0.15, 0.2) is 0 Å². The van der Waals surface area contributed by atoms with E-state index < -0.39 is 0 Å². The summed E-state index contributed by atoms with van der Waals surface area (Å²) in [5.41, 5.74) is 3.81. The monoisotopic (exact) mass is 323 g/mol. The lowest BCUT2D eigenvalue weighted by molar-refractivity contribution is -0.113. The summed E-state index contributed by atoms with van der Waals surface area (Å²) in [6, 6.07) is 15.4. The summed E-state index contributed by atoms with van der Waals surface area (Å²) in [5.74, 6) is -0.259. The normalized spacial score (nSPS) is 16.4. The van der Waals surface area contributed by atoms with Crippen LogP contribution in [0.2, 0.25) is 0 Å². The van der Waals surface area contributed by atoms with Gasteiger partial charge in [-0.25, -0.2) is 4.90 Å². The molecule has 1 saturated heterocycles. The molecule has 0 aliphatic carbocycles. The number of hydrogen-bond donors (Lipinski definition) is 0. The number of hydrogen-bond acceptors (Lipinski definition) is 3. The largest absolute Gasteiger partial charge is 0.298 e. The molecule has 23 heavy (non-hydrogen) atoms. The molecule has 1 aliphatic rings. The molecule has 0 atom stereocenters. The molecule has 0 aromatic heterocycles. The van der Waals surface area contributed by atoms with Crippen molar-refractivity contribution in [1.29, 1.82) is 0 Å². The summed E-state index contributed by atoms with van der Waals surface area (Å²) in [7, 11) is 0. The summed E-state index contributed by atoms with van der Waals surface area (Å²) in [6.45, 7) is 4.04. The number of amides is 2. The van der Waals surface area contributed by atoms with Crippen LogP contribution in [0.3, 0.4) is 0 Å². The lowest BCUT2D eigenvalue weighted by atomic mass is 10.1. The summed E-state index contributed by atoms with van der Waals surface area (Å²) >= 11 is 0.986. The van der Waals surface area contributed by atoms with Gasteiger partial charge in [0.1, 0.15) is 0 Å². The van der Waals surface area contributed by atoms with Gasteiger partial charge in [-0.3, -0.25) is 9.59 Å². The Kier molecular flexibility index (Phi) is 4.35. The molecule has 0 spiro atoms. The average Bonchev–Trinajstić information content (AvgIpc) is 2.82. The molecule has 0 bridgehead atoms. The van der Waals surface area contributed by atoms with Gasteiger partial charge in [0.2, 0.25) is 0 Å². The van der Waals surface area contributed by atoms with E-state index in [1.54, 1.807) is 12.1 Å². The molecular formula is C19H17NO2S. The van der Waals surface area contributed by atoms with Crippen molar-refractivity contribution in [2.75, 3.05) is 4.90 Å². The van der Waals surface area contributed by atoms with Crippen LogP contribution in [0.1, 0.15) is 23.6 Å². The van der Waals surface area contributed by atoms with E-state index in [0.29, 0.717) is 10.6 Å². The predicted molar refractivity (Wildman–Crippen MR) is 95.4 cm³/mol. The highest BCUT2D eigenvalue weighted by atomic mass is 32.2. The number of thioether (sulfide) groups is 1.